The van der Waals surface area contributed by atoms with Gasteiger partial charge in [0.05, 0.1) is 0 Å². The Labute approximate surface area is 118 Å². The minimum atomic E-state index is -0.811. The molecule has 0 aliphatic carbocycles. The lowest BCUT2D eigenvalue weighted by Gasteiger charge is -2.21. The summed E-state index contributed by atoms with van der Waals surface area (Å²) in [5.74, 6) is -0.934. The first kappa shape index (κ1) is 15.7. The first-order valence-corrected chi connectivity index (χ1v) is 6.11. The fraction of sp³-hybridized carbons (Fsp3) is 0.250. The van der Waals surface area contributed by atoms with E-state index in [1.807, 2.05) is 0 Å². The summed E-state index contributed by atoms with van der Waals surface area (Å²) in [6, 6.07) is 4.80. The highest BCUT2D eigenvalue weighted by molar-refractivity contribution is 5.94. The monoisotopic (exact) mass is 274 g/mol. The maximum Gasteiger partial charge on any atom is 0.342 e. The van der Waals surface area contributed by atoms with E-state index in [4.69, 9.17) is 9.47 Å². The lowest BCUT2D eigenvalue weighted by Crippen LogP contribution is -2.25. The molecule has 4 nitrogen and oxygen atoms in total. The van der Waals surface area contributed by atoms with Gasteiger partial charge in [-0.1, -0.05) is 25.3 Å². The van der Waals surface area contributed by atoms with Crippen molar-refractivity contribution in [3.63, 3.8) is 0 Å². The van der Waals surface area contributed by atoms with E-state index >= 15 is 0 Å². The normalized spacial score (nSPS) is 10.6. The third-order valence-electron chi connectivity index (χ3n) is 2.56. The number of ether oxygens (including phenoxy) is 2. The molecule has 4 heteroatoms. The molecule has 0 bridgehead atoms. The van der Waals surface area contributed by atoms with Gasteiger partial charge in [-0.15, -0.1) is 0 Å². The Morgan fingerprint density at radius 1 is 1.25 bits per heavy atom. The second-order valence-corrected chi connectivity index (χ2v) is 4.75. The Balaban J connectivity index is 3.18. The molecule has 0 aromatic heterocycles. The first-order valence-electron chi connectivity index (χ1n) is 6.11. The summed E-state index contributed by atoms with van der Waals surface area (Å²) < 4.78 is 10.3. The summed E-state index contributed by atoms with van der Waals surface area (Å²) in [6.07, 6.45) is 3.11. The van der Waals surface area contributed by atoms with Gasteiger partial charge in [0.1, 0.15) is 16.9 Å². The molecule has 106 valence electrons. The molecule has 0 saturated heterocycles. The summed E-state index contributed by atoms with van der Waals surface area (Å²) in [5, 5.41) is 0. The molecular weight excluding hydrogens is 256 g/mol. The zero-order chi connectivity index (χ0) is 15.3. The van der Waals surface area contributed by atoms with Gasteiger partial charge in [-0.25, -0.2) is 4.79 Å². The number of benzene rings is 1. The molecular formula is C16H18O4. The van der Waals surface area contributed by atoms with Crippen LogP contribution in [0.3, 0.4) is 0 Å². The number of rotatable bonds is 5. The van der Waals surface area contributed by atoms with E-state index in [0.717, 1.165) is 5.56 Å². The van der Waals surface area contributed by atoms with Gasteiger partial charge >= 0.3 is 11.9 Å². The molecule has 1 aromatic rings. The molecule has 1 aromatic carbocycles. The van der Waals surface area contributed by atoms with Crippen LogP contribution in [0, 0.1) is 0 Å². The largest absolute Gasteiger partial charge is 0.452 e. The molecule has 0 atom stereocenters. The van der Waals surface area contributed by atoms with Crippen molar-refractivity contribution >= 4 is 18.0 Å². The molecule has 0 spiro atoms. The lowest BCUT2D eigenvalue weighted by atomic mass is 10.1. The molecule has 0 fully saturated rings. The highest BCUT2D eigenvalue weighted by atomic mass is 16.6. The Bertz CT molecular complexity index is 556. The Morgan fingerprint density at radius 2 is 1.90 bits per heavy atom. The van der Waals surface area contributed by atoms with Crippen LogP contribution in [-0.4, -0.2) is 17.5 Å². The SMILES string of the molecule is C=Cc1ccc(OC(C)=O)c(C(=O)OC(C)(C)C=C)c1. The van der Waals surface area contributed by atoms with E-state index in [1.54, 1.807) is 32.1 Å². The van der Waals surface area contributed by atoms with Gasteiger partial charge in [-0.3, -0.25) is 4.79 Å². The molecule has 0 saturated carbocycles. The Hall–Kier alpha value is -2.36. The minimum absolute atomic E-state index is 0.160. The number of carbonyl (C=O) groups excluding carboxylic acids is 2. The third-order valence-corrected chi connectivity index (χ3v) is 2.56. The van der Waals surface area contributed by atoms with Crippen molar-refractivity contribution in [2.45, 2.75) is 26.4 Å². The topological polar surface area (TPSA) is 52.6 Å². The average molecular weight is 274 g/mol. The molecule has 0 aliphatic heterocycles. The molecule has 1 rings (SSSR count). The molecule has 0 aliphatic rings. The van der Waals surface area contributed by atoms with Crippen molar-refractivity contribution in [2.24, 2.45) is 0 Å². The van der Waals surface area contributed by atoms with Crippen molar-refractivity contribution in [2.75, 3.05) is 0 Å². The van der Waals surface area contributed by atoms with Crippen LogP contribution in [0.5, 0.6) is 5.75 Å². The van der Waals surface area contributed by atoms with Crippen molar-refractivity contribution in [3.05, 3.63) is 48.6 Å². The average Bonchev–Trinajstić information content (AvgIpc) is 2.38. The first-order chi connectivity index (χ1) is 9.29. The molecule has 20 heavy (non-hydrogen) atoms. The maximum absolute atomic E-state index is 12.2. The van der Waals surface area contributed by atoms with E-state index in [9.17, 15) is 9.59 Å². The standard InChI is InChI=1S/C16H18O4/c1-6-12-8-9-14(19-11(3)17)13(10-12)15(18)20-16(4,5)7-2/h6-10H,1-2H2,3-5H3. The van der Waals surface area contributed by atoms with Crippen molar-refractivity contribution in [1.29, 1.82) is 0 Å². The van der Waals surface area contributed by atoms with Crippen LogP contribution in [-0.2, 0) is 9.53 Å². The molecule has 0 heterocycles. The summed E-state index contributed by atoms with van der Waals surface area (Å²) in [7, 11) is 0. The fourth-order valence-electron chi connectivity index (χ4n) is 1.41. The minimum Gasteiger partial charge on any atom is -0.452 e. The molecule has 0 N–H and O–H groups in total. The van der Waals surface area contributed by atoms with Crippen LogP contribution >= 0.6 is 0 Å². The van der Waals surface area contributed by atoms with Gasteiger partial charge in [-0.05, 0) is 37.6 Å². The summed E-state index contributed by atoms with van der Waals surface area (Å²) >= 11 is 0. The van der Waals surface area contributed by atoms with Gasteiger partial charge in [0.25, 0.3) is 0 Å². The van der Waals surface area contributed by atoms with Crippen molar-refractivity contribution in [3.8, 4) is 5.75 Å². The highest BCUT2D eigenvalue weighted by Gasteiger charge is 2.23. The number of carbonyl (C=O) groups is 2. The van der Waals surface area contributed by atoms with Crippen LogP contribution in [0.15, 0.2) is 37.4 Å². The van der Waals surface area contributed by atoms with E-state index < -0.39 is 17.5 Å². The van der Waals surface area contributed by atoms with Crippen LogP contribution in [0.25, 0.3) is 6.08 Å². The van der Waals surface area contributed by atoms with Gasteiger partial charge in [0.15, 0.2) is 0 Å². The number of hydrogen-bond donors (Lipinski definition) is 0. The van der Waals surface area contributed by atoms with Crippen LogP contribution in [0.2, 0.25) is 0 Å². The van der Waals surface area contributed by atoms with Gasteiger partial charge in [-0.2, -0.15) is 0 Å². The second-order valence-electron chi connectivity index (χ2n) is 4.75. The highest BCUT2D eigenvalue weighted by Crippen LogP contribution is 2.24. The zero-order valence-electron chi connectivity index (χ0n) is 11.9. The van der Waals surface area contributed by atoms with Crippen LogP contribution in [0.1, 0.15) is 36.7 Å². The van der Waals surface area contributed by atoms with E-state index in [0.29, 0.717) is 0 Å². The molecule has 0 radical (unpaired) electrons. The summed E-state index contributed by atoms with van der Waals surface area (Å²) in [5.41, 5.74) is 0.0890. The van der Waals surface area contributed by atoms with Crippen LogP contribution in [0.4, 0.5) is 0 Å². The zero-order valence-corrected chi connectivity index (χ0v) is 11.9. The quantitative estimate of drug-likeness (QED) is 0.469. The van der Waals surface area contributed by atoms with E-state index in [2.05, 4.69) is 13.2 Å². The predicted octanol–water partition coefficient (Wildman–Crippen LogP) is 3.38. The van der Waals surface area contributed by atoms with Gasteiger partial charge in [0, 0.05) is 6.92 Å². The maximum atomic E-state index is 12.2. The smallest absolute Gasteiger partial charge is 0.342 e. The van der Waals surface area contributed by atoms with Gasteiger partial charge < -0.3 is 9.47 Å². The second kappa shape index (κ2) is 6.19. The predicted molar refractivity (Wildman–Crippen MR) is 77.5 cm³/mol. The van der Waals surface area contributed by atoms with E-state index in [1.165, 1.54) is 19.1 Å². The summed E-state index contributed by atoms with van der Waals surface area (Å²) in [4.78, 5) is 23.3. The Kier molecular flexibility index (Phi) is 4.86. The molecule has 0 amide bonds. The van der Waals surface area contributed by atoms with Crippen molar-refractivity contribution < 1.29 is 19.1 Å². The van der Waals surface area contributed by atoms with Gasteiger partial charge in [0.2, 0.25) is 0 Å². The Morgan fingerprint density at radius 3 is 2.40 bits per heavy atom. The number of esters is 2. The van der Waals surface area contributed by atoms with Crippen LogP contribution < -0.4 is 4.74 Å². The van der Waals surface area contributed by atoms with Crippen molar-refractivity contribution in [1.82, 2.24) is 0 Å². The van der Waals surface area contributed by atoms with E-state index in [-0.39, 0.29) is 11.3 Å². The number of hydrogen-bond acceptors (Lipinski definition) is 4. The third kappa shape index (κ3) is 4.09. The lowest BCUT2D eigenvalue weighted by molar-refractivity contribution is -0.131. The molecule has 0 unspecified atom stereocenters. The summed E-state index contributed by atoms with van der Waals surface area (Å²) in [6.45, 7) is 11.9. The fourth-order valence-corrected chi connectivity index (χ4v) is 1.41.